The lowest BCUT2D eigenvalue weighted by molar-refractivity contribution is -0.116. The number of carbonyl (C=O) groups excluding carboxylic acids is 1. The second-order valence-electron chi connectivity index (χ2n) is 7.36. The highest BCUT2D eigenvalue weighted by molar-refractivity contribution is 5.91. The number of benzene rings is 1. The minimum atomic E-state index is 0.108. The van der Waals surface area contributed by atoms with Crippen LogP contribution < -0.4 is 10.2 Å². The van der Waals surface area contributed by atoms with Crippen molar-refractivity contribution >= 4 is 17.3 Å². The number of nitrogens with one attached hydrogen (secondary N) is 1. The Labute approximate surface area is 153 Å². The van der Waals surface area contributed by atoms with Crippen LogP contribution in [0.25, 0.3) is 0 Å². The molecule has 0 radical (unpaired) electrons. The molecule has 0 atom stereocenters. The summed E-state index contributed by atoms with van der Waals surface area (Å²) >= 11 is 0. The predicted octanol–water partition coefficient (Wildman–Crippen LogP) is 4.37. The average molecular weight is 346 g/mol. The van der Waals surface area contributed by atoms with Crippen molar-refractivity contribution in [3.05, 3.63) is 24.3 Å². The summed E-state index contributed by atoms with van der Waals surface area (Å²) in [5, 5.41) is 3.03. The molecule has 0 unspecified atom stereocenters. The van der Waals surface area contributed by atoms with Gasteiger partial charge in [-0.25, -0.2) is 0 Å². The zero-order valence-electron chi connectivity index (χ0n) is 16.3. The highest BCUT2D eigenvalue weighted by Gasteiger charge is 2.16. The highest BCUT2D eigenvalue weighted by Crippen LogP contribution is 2.24. The van der Waals surface area contributed by atoms with E-state index in [1.165, 1.54) is 18.5 Å². The van der Waals surface area contributed by atoms with E-state index in [-0.39, 0.29) is 5.91 Å². The van der Waals surface area contributed by atoms with E-state index < -0.39 is 0 Å². The van der Waals surface area contributed by atoms with Crippen LogP contribution in [-0.4, -0.2) is 43.5 Å². The van der Waals surface area contributed by atoms with Gasteiger partial charge in [0.25, 0.3) is 0 Å². The molecule has 0 bridgehead atoms. The van der Waals surface area contributed by atoms with Crippen LogP contribution in [0.1, 0.15) is 52.9 Å². The molecule has 0 saturated carbocycles. The summed E-state index contributed by atoms with van der Waals surface area (Å²) in [6, 6.07) is 8.32. The van der Waals surface area contributed by atoms with Crippen LogP contribution in [0, 0.1) is 5.92 Å². The molecule has 140 valence electrons. The first-order chi connectivity index (χ1) is 12.1. The summed E-state index contributed by atoms with van der Waals surface area (Å²) in [5.41, 5.74) is 2.17. The number of amides is 1. The van der Waals surface area contributed by atoms with Crippen LogP contribution in [0.4, 0.5) is 11.4 Å². The third kappa shape index (κ3) is 6.69. The van der Waals surface area contributed by atoms with Gasteiger partial charge in [0.1, 0.15) is 0 Å². The number of anilines is 2. The third-order valence-corrected chi connectivity index (χ3v) is 5.03. The normalized spacial score (nSPS) is 15.6. The molecule has 1 heterocycles. The van der Waals surface area contributed by atoms with Gasteiger partial charge in [-0.2, -0.15) is 0 Å². The van der Waals surface area contributed by atoms with Gasteiger partial charge in [-0.15, -0.1) is 0 Å². The molecular weight excluding hydrogens is 310 g/mol. The van der Waals surface area contributed by atoms with Crippen molar-refractivity contribution < 1.29 is 4.79 Å². The fraction of sp³-hybridized carbons (Fsp3) is 0.667. The Morgan fingerprint density at radius 2 is 1.68 bits per heavy atom. The number of nitrogens with zero attached hydrogens (tertiary/aromatic N) is 2. The molecule has 1 aromatic rings. The van der Waals surface area contributed by atoms with E-state index in [4.69, 9.17) is 0 Å². The number of hydrogen-bond acceptors (Lipinski definition) is 3. The van der Waals surface area contributed by atoms with Crippen molar-refractivity contribution in [1.29, 1.82) is 0 Å². The number of piperidine rings is 1. The molecule has 1 N–H and O–H groups in total. The SMILES string of the molecule is CCCN(CCC)CCC(=O)Nc1ccc(N2CCC(C)CC2)cc1. The smallest absolute Gasteiger partial charge is 0.225 e. The lowest BCUT2D eigenvalue weighted by atomic mass is 9.99. The molecule has 0 aromatic heterocycles. The second-order valence-corrected chi connectivity index (χ2v) is 7.36. The summed E-state index contributed by atoms with van der Waals surface area (Å²) in [5.74, 6) is 0.951. The molecule has 1 saturated heterocycles. The molecule has 1 aliphatic heterocycles. The average Bonchev–Trinajstić information content (AvgIpc) is 2.61. The van der Waals surface area contributed by atoms with Gasteiger partial charge in [-0.1, -0.05) is 20.8 Å². The summed E-state index contributed by atoms with van der Waals surface area (Å²) in [6.07, 6.45) is 5.37. The maximum atomic E-state index is 12.2. The van der Waals surface area contributed by atoms with Crippen LogP contribution in [-0.2, 0) is 4.79 Å². The van der Waals surface area contributed by atoms with Crippen molar-refractivity contribution in [2.45, 2.75) is 52.9 Å². The zero-order valence-corrected chi connectivity index (χ0v) is 16.3. The van der Waals surface area contributed by atoms with E-state index in [0.717, 1.165) is 57.2 Å². The summed E-state index contributed by atoms with van der Waals surface area (Å²) in [4.78, 5) is 17.0. The second kappa shape index (κ2) is 10.4. The molecule has 4 heteroatoms. The fourth-order valence-electron chi connectivity index (χ4n) is 3.47. The van der Waals surface area contributed by atoms with Crippen molar-refractivity contribution in [2.75, 3.05) is 42.9 Å². The van der Waals surface area contributed by atoms with Crippen LogP contribution in [0.3, 0.4) is 0 Å². The van der Waals surface area contributed by atoms with E-state index in [0.29, 0.717) is 6.42 Å². The molecule has 4 nitrogen and oxygen atoms in total. The van der Waals surface area contributed by atoms with Gasteiger partial charge in [-0.3, -0.25) is 4.79 Å². The number of rotatable bonds is 9. The van der Waals surface area contributed by atoms with Crippen molar-refractivity contribution in [1.82, 2.24) is 4.90 Å². The lowest BCUT2D eigenvalue weighted by Crippen LogP contribution is -2.32. The van der Waals surface area contributed by atoms with Gasteiger partial charge in [0.2, 0.25) is 5.91 Å². The van der Waals surface area contributed by atoms with Crippen LogP contribution in [0.5, 0.6) is 0 Å². The molecule has 2 rings (SSSR count). The Morgan fingerprint density at radius 1 is 1.08 bits per heavy atom. The molecule has 1 fully saturated rings. The minimum Gasteiger partial charge on any atom is -0.372 e. The number of carbonyl (C=O) groups is 1. The number of hydrogen-bond donors (Lipinski definition) is 1. The van der Waals surface area contributed by atoms with Crippen LogP contribution in [0.15, 0.2) is 24.3 Å². The van der Waals surface area contributed by atoms with E-state index in [1.54, 1.807) is 0 Å². The van der Waals surface area contributed by atoms with E-state index in [1.807, 2.05) is 12.1 Å². The zero-order chi connectivity index (χ0) is 18.1. The molecule has 0 spiro atoms. The summed E-state index contributed by atoms with van der Waals surface area (Å²) in [7, 11) is 0. The van der Waals surface area contributed by atoms with Crippen molar-refractivity contribution in [3.8, 4) is 0 Å². The molecular formula is C21H35N3O. The summed E-state index contributed by atoms with van der Waals surface area (Å²) in [6.45, 7) is 12.0. The fourth-order valence-corrected chi connectivity index (χ4v) is 3.47. The molecule has 1 aromatic carbocycles. The summed E-state index contributed by atoms with van der Waals surface area (Å²) < 4.78 is 0. The van der Waals surface area contributed by atoms with E-state index in [9.17, 15) is 4.79 Å². The minimum absolute atomic E-state index is 0.108. The lowest BCUT2D eigenvalue weighted by Gasteiger charge is -2.32. The Morgan fingerprint density at radius 3 is 2.24 bits per heavy atom. The molecule has 1 aliphatic rings. The maximum Gasteiger partial charge on any atom is 0.225 e. The van der Waals surface area contributed by atoms with Gasteiger partial charge < -0.3 is 15.1 Å². The maximum absolute atomic E-state index is 12.2. The largest absolute Gasteiger partial charge is 0.372 e. The molecule has 0 aliphatic carbocycles. The van der Waals surface area contributed by atoms with Crippen LogP contribution in [0.2, 0.25) is 0 Å². The Bertz CT molecular complexity index is 500. The van der Waals surface area contributed by atoms with Gasteiger partial charge in [-0.05, 0) is 69.0 Å². The van der Waals surface area contributed by atoms with Crippen molar-refractivity contribution in [3.63, 3.8) is 0 Å². The van der Waals surface area contributed by atoms with Crippen LogP contribution >= 0.6 is 0 Å². The van der Waals surface area contributed by atoms with Gasteiger partial charge >= 0.3 is 0 Å². The van der Waals surface area contributed by atoms with E-state index >= 15 is 0 Å². The third-order valence-electron chi connectivity index (χ3n) is 5.03. The first kappa shape index (κ1) is 19.8. The topological polar surface area (TPSA) is 35.6 Å². The van der Waals surface area contributed by atoms with E-state index in [2.05, 4.69) is 48.0 Å². The van der Waals surface area contributed by atoms with Gasteiger partial charge in [0.15, 0.2) is 0 Å². The Hall–Kier alpha value is -1.55. The Kier molecular flexibility index (Phi) is 8.26. The Balaban J connectivity index is 1.79. The standard InChI is InChI=1S/C21H35N3O/c1-4-13-23(14-5-2)15-12-21(25)22-19-6-8-20(9-7-19)24-16-10-18(3)11-17-24/h6-9,18H,4-5,10-17H2,1-3H3,(H,22,25). The molecule has 25 heavy (non-hydrogen) atoms. The van der Waals surface area contributed by atoms with Crippen molar-refractivity contribution in [2.24, 2.45) is 5.92 Å². The monoisotopic (exact) mass is 345 g/mol. The first-order valence-corrected chi connectivity index (χ1v) is 9.99. The van der Waals surface area contributed by atoms with Gasteiger partial charge in [0, 0.05) is 37.4 Å². The molecule has 1 amide bonds. The first-order valence-electron chi connectivity index (χ1n) is 9.99. The highest BCUT2D eigenvalue weighted by atomic mass is 16.1. The quantitative estimate of drug-likeness (QED) is 0.722. The predicted molar refractivity (Wildman–Crippen MR) is 107 cm³/mol. The van der Waals surface area contributed by atoms with Gasteiger partial charge in [0.05, 0.1) is 0 Å².